The van der Waals surface area contributed by atoms with Gasteiger partial charge in [-0.15, -0.1) is 0 Å². The predicted octanol–water partition coefficient (Wildman–Crippen LogP) is 5.63. The second-order valence-corrected chi connectivity index (χ2v) is 7.85. The van der Waals surface area contributed by atoms with Crippen LogP contribution in [0.4, 0.5) is 0 Å². The molecule has 1 atom stereocenters. The molecule has 0 radical (unpaired) electrons. The normalized spacial score (nSPS) is 19.0. The molecule has 0 bridgehead atoms. The van der Waals surface area contributed by atoms with Crippen molar-refractivity contribution in [3.05, 3.63) is 71.3 Å². The minimum atomic E-state index is -0.403. The highest BCUT2D eigenvalue weighted by Gasteiger charge is 2.45. The molecule has 1 aliphatic rings. The number of hydrogen-bond acceptors (Lipinski definition) is 3. The minimum Gasteiger partial charge on any atom is -0.198 e. The third-order valence-corrected chi connectivity index (χ3v) is 5.32. The average Bonchev–Trinajstić information content (AvgIpc) is 2.90. The molecular formula is C24H25N3. The maximum atomic E-state index is 8.24. The van der Waals surface area contributed by atoms with Gasteiger partial charge in [0.15, 0.2) is 0 Å². The lowest BCUT2D eigenvalue weighted by Crippen LogP contribution is -2.23. The van der Waals surface area contributed by atoms with Crippen LogP contribution in [0.15, 0.2) is 54.6 Å². The first-order chi connectivity index (χ1) is 12.9. The lowest BCUT2D eigenvalue weighted by Gasteiger charge is -2.28. The van der Waals surface area contributed by atoms with Gasteiger partial charge in [0.25, 0.3) is 0 Å². The van der Waals surface area contributed by atoms with E-state index in [2.05, 4.69) is 75.4 Å². The molecule has 136 valence electrons. The summed E-state index contributed by atoms with van der Waals surface area (Å²) in [6, 6.07) is 25.4. The van der Waals surface area contributed by atoms with Crippen molar-refractivity contribution in [3.8, 4) is 18.2 Å². The third kappa shape index (κ3) is 4.36. The fourth-order valence-corrected chi connectivity index (χ4v) is 4.08. The Kier molecular flexibility index (Phi) is 6.39. The summed E-state index contributed by atoms with van der Waals surface area (Å²) in [6.45, 7) is 7.11. The van der Waals surface area contributed by atoms with Gasteiger partial charge in [0.05, 0.1) is 37.0 Å². The van der Waals surface area contributed by atoms with Gasteiger partial charge in [-0.1, -0.05) is 75.4 Å². The van der Waals surface area contributed by atoms with E-state index >= 15 is 0 Å². The summed E-state index contributed by atoms with van der Waals surface area (Å²) in [6.07, 6.45) is 1.50. The molecule has 0 saturated carbocycles. The average molecular weight is 355 g/mol. The first kappa shape index (κ1) is 20.2. The van der Waals surface area contributed by atoms with Gasteiger partial charge in [-0.25, -0.2) is 0 Å². The van der Waals surface area contributed by atoms with Crippen molar-refractivity contribution in [2.75, 3.05) is 0 Å². The zero-order valence-corrected chi connectivity index (χ0v) is 16.2. The van der Waals surface area contributed by atoms with Crippen LogP contribution in [0.25, 0.3) is 0 Å². The molecule has 0 spiro atoms. The van der Waals surface area contributed by atoms with Crippen molar-refractivity contribution in [1.82, 2.24) is 0 Å². The Hall–Kier alpha value is -3.09. The molecule has 3 heteroatoms. The van der Waals surface area contributed by atoms with Gasteiger partial charge >= 0.3 is 0 Å². The summed E-state index contributed by atoms with van der Waals surface area (Å²) < 4.78 is 0. The van der Waals surface area contributed by atoms with Gasteiger partial charge in [-0.3, -0.25) is 0 Å². The van der Waals surface area contributed by atoms with Gasteiger partial charge in [-0.2, -0.15) is 15.8 Å². The van der Waals surface area contributed by atoms with Crippen LogP contribution in [0.5, 0.6) is 0 Å². The Morgan fingerprint density at radius 2 is 1.33 bits per heavy atom. The van der Waals surface area contributed by atoms with Crippen molar-refractivity contribution < 1.29 is 0 Å². The van der Waals surface area contributed by atoms with Crippen LogP contribution in [-0.4, -0.2) is 0 Å². The van der Waals surface area contributed by atoms with Crippen LogP contribution in [0.3, 0.4) is 0 Å². The van der Waals surface area contributed by atoms with E-state index in [0.29, 0.717) is 0 Å². The quantitative estimate of drug-likeness (QED) is 0.716. The van der Waals surface area contributed by atoms with Crippen molar-refractivity contribution in [2.24, 2.45) is 5.92 Å². The van der Waals surface area contributed by atoms with E-state index in [9.17, 15) is 0 Å². The maximum absolute atomic E-state index is 8.24. The van der Waals surface area contributed by atoms with Crippen LogP contribution in [0.2, 0.25) is 0 Å². The smallest absolute Gasteiger partial charge is 0.0723 e. The highest BCUT2D eigenvalue weighted by atomic mass is 14.5. The maximum Gasteiger partial charge on any atom is 0.0723 e. The van der Waals surface area contributed by atoms with Crippen LogP contribution >= 0.6 is 0 Å². The highest BCUT2D eigenvalue weighted by molar-refractivity contribution is 5.51. The molecule has 1 aliphatic carbocycles. The van der Waals surface area contributed by atoms with Crippen molar-refractivity contribution in [2.45, 2.75) is 50.9 Å². The molecule has 3 nitrogen and oxygen atoms in total. The van der Waals surface area contributed by atoms with Gasteiger partial charge in [0, 0.05) is 5.41 Å². The molecular weight excluding hydrogens is 330 g/mol. The second kappa shape index (κ2) is 8.53. The Labute approximate surface area is 162 Å². The summed E-state index contributed by atoms with van der Waals surface area (Å²) in [4.78, 5) is 0. The van der Waals surface area contributed by atoms with E-state index < -0.39 is 5.92 Å². The molecule has 0 fully saturated rings. The van der Waals surface area contributed by atoms with Gasteiger partial charge in [-0.05, 0) is 28.5 Å². The summed E-state index contributed by atoms with van der Waals surface area (Å²) in [5.41, 5.74) is 4.86. The van der Waals surface area contributed by atoms with E-state index in [-0.39, 0.29) is 23.7 Å². The zero-order chi connectivity index (χ0) is 19.9. The van der Waals surface area contributed by atoms with Crippen molar-refractivity contribution in [3.63, 3.8) is 0 Å². The molecule has 1 unspecified atom stereocenters. The summed E-state index contributed by atoms with van der Waals surface area (Å²) in [7, 11) is 0. The van der Waals surface area contributed by atoms with Crippen LogP contribution in [0, 0.1) is 39.9 Å². The predicted molar refractivity (Wildman–Crippen MR) is 107 cm³/mol. The standard InChI is InChI=1S/C18H20.C6H5N3/c1-17(2)13-18(3,14-9-5-4-6-10-14)16-12-8-7-11-15(16)17;7-3-1-6(5-9)2-4-8/h4-12H,13H2,1-3H3;6H,1-2H2. The molecule has 3 rings (SSSR count). The third-order valence-electron chi connectivity index (χ3n) is 5.32. The van der Waals surface area contributed by atoms with E-state index in [1.165, 1.54) is 23.1 Å². The highest BCUT2D eigenvalue weighted by Crippen LogP contribution is 2.52. The van der Waals surface area contributed by atoms with Crippen molar-refractivity contribution >= 4 is 0 Å². The SMILES string of the molecule is CC1(C)CC(C)(c2ccccc2)c2ccccc21.N#CCC(C#N)CC#N. The Morgan fingerprint density at radius 3 is 1.85 bits per heavy atom. The first-order valence-electron chi connectivity index (χ1n) is 9.18. The molecule has 2 aromatic carbocycles. The van der Waals surface area contributed by atoms with Crippen molar-refractivity contribution in [1.29, 1.82) is 15.8 Å². The Balaban J connectivity index is 0.000000249. The van der Waals surface area contributed by atoms with Gasteiger partial charge in [0.2, 0.25) is 0 Å². The van der Waals surface area contributed by atoms with E-state index in [1.54, 1.807) is 0 Å². The van der Waals surface area contributed by atoms with Gasteiger partial charge < -0.3 is 0 Å². The summed E-state index contributed by atoms with van der Waals surface area (Å²) in [5, 5.41) is 24.4. The van der Waals surface area contributed by atoms with Gasteiger partial charge in [0.1, 0.15) is 0 Å². The Bertz CT molecular complexity index is 878. The fourth-order valence-electron chi connectivity index (χ4n) is 4.08. The molecule has 2 aromatic rings. The number of benzene rings is 2. The summed E-state index contributed by atoms with van der Waals surface area (Å²) >= 11 is 0. The zero-order valence-electron chi connectivity index (χ0n) is 16.2. The lowest BCUT2D eigenvalue weighted by atomic mass is 9.75. The van der Waals surface area contributed by atoms with Crippen LogP contribution < -0.4 is 0 Å². The number of fused-ring (bicyclic) bond motifs is 1. The van der Waals surface area contributed by atoms with E-state index in [0.717, 1.165) is 0 Å². The van der Waals surface area contributed by atoms with Crippen LogP contribution in [0.1, 0.15) is 56.7 Å². The lowest BCUT2D eigenvalue weighted by molar-refractivity contribution is 0.425. The topological polar surface area (TPSA) is 71.4 Å². The number of nitrogens with zero attached hydrogens (tertiary/aromatic N) is 3. The molecule has 0 saturated heterocycles. The summed E-state index contributed by atoms with van der Waals surface area (Å²) in [5.74, 6) is -0.403. The van der Waals surface area contributed by atoms with E-state index in [1.807, 2.05) is 18.2 Å². The molecule has 27 heavy (non-hydrogen) atoms. The largest absolute Gasteiger partial charge is 0.198 e. The molecule has 0 N–H and O–H groups in total. The molecule has 0 aromatic heterocycles. The fraction of sp³-hybridized carbons (Fsp3) is 0.375. The number of nitriles is 3. The number of hydrogen-bond donors (Lipinski definition) is 0. The van der Waals surface area contributed by atoms with Crippen LogP contribution in [-0.2, 0) is 10.8 Å². The first-order valence-corrected chi connectivity index (χ1v) is 9.18. The minimum absolute atomic E-state index is 0.154. The van der Waals surface area contributed by atoms with E-state index in [4.69, 9.17) is 15.8 Å². The monoisotopic (exact) mass is 355 g/mol. The molecule has 0 aliphatic heterocycles. The second-order valence-electron chi connectivity index (χ2n) is 7.85. The molecule has 0 amide bonds. The Morgan fingerprint density at radius 1 is 0.815 bits per heavy atom. The molecule has 0 heterocycles. The number of rotatable bonds is 3.